The molecule has 0 bridgehead atoms. The second kappa shape index (κ2) is 8.46. The summed E-state index contributed by atoms with van der Waals surface area (Å²) in [5.41, 5.74) is 0.160. The Kier molecular flexibility index (Phi) is 5.95. The molecule has 0 unspecified atom stereocenters. The van der Waals surface area contributed by atoms with Crippen LogP contribution in [-0.2, 0) is 7.05 Å². The van der Waals surface area contributed by atoms with E-state index in [0.29, 0.717) is 10.8 Å². The molecular formula is C20H17F4N7. The number of alkyl halides is 2. The summed E-state index contributed by atoms with van der Waals surface area (Å²) in [5, 5.41) is 23.6. The number of hydrogen-bond acceptors (Lipinski definition) is 5. The molecule has 0 amide bonds. The van der Waals surface area contributed by atoms with Crippen molar-refractivity contribution in [2.45, 2.75) is 12.8 Å². The molecule has 0 radical (unpaired) electrons. The van der Waals surface area contributed by atoms with Crippen molar-refractivity contribution < 1.29 is 17.6 Å². The van der Waals surface area contributed by atoms with Gasteiger partial charge in [-0.05, 0) is 43.4 Å². The minimum Gasteiger partial charge on any atom is -0.283 e. The first-order chi connectivity index (χ1) is 14.6. The zero-order chi connectivity index (χ0) is 22.8. The molecule has 0 fully saturated rings. The number of pyridine rings is 1. The highest BCUT2D eigenvalue weighted by atomic mass is 19.3. The normalized spacial score (nSPS) is 12.5. The van der Waals surface area contributed by atoms with Crippen LogP contribution in [0.5, 0.6) is 0 Å². The highest BCUT2D eigenvalue weighted by Crippen LogP contribution is 2.22. The third-order valence-electron chi connectivity index (χ3n) is 4.06. The molecule has 7 nitrogen and oxygen atoms in total. The second-order valence-corrected chi connectivity index (χ2v) is 6.59. The minimum atomic E-state index is -3.83. The van der Waals surface area contributed by atoms with Crippen molar-refractivity contribution in [3.63, 3.8) is 0 Å². The predicted octanol–water partition coefficient (Wildman–Crippen LogP) is 3.80. The number of nitrogens with zero attached hydrogens (tertiary/aromatic N) is 5. The lowest BCUT2D eigenvalue weighted by Crippen LogP contribution is -2.39. The zero-order valence-corrected chi connectivity index (χ0v) is 16.4. The standard InChI is InChI=1S/C20H17F4N7/c1-12(21)7-17-13(11-30(2)28-17)5-6-20(23,24)19(26)31-18(25)4-3-16(29-31)14-8-15(22)10-27-9-14/h3-11,25-26H,1-2H3/b6-5+,12-7+,25-18?,26-19?. The molecule has 3 aromatic heterocycles. The van der Waals surface area contributed by atoms with Crippen molar-refractivity contribution >= 4 is 18.0 Å². The first kappa shape index (κ1) is 21.8. The van der Waals surface area contributed by atoms with Crippen molar-refractivity contribution in [2.75, 3.05) is 0 Å². The van der Waals surface area contributed by atoms with E-state index < -0.39 is 28.9 Å². The third-order valence-corrected chi connectivity index (χ3v) is 4.06. The molecule has 0 aliphatic heterocycles. The van der Waals surface area contributed by atoms with Gasteiger partial charge in [0.2, 0.25) is 0 Å². The van der Waals surface area contributed by atoms with E-state index in [4.69, 9.17) is 10.8 Å². The monoisotopic (exact) mass is 431 g/mol. The Labute approximate surface area is 174 Å². The molecular weight excluding hydrogens is 414 g/mol. The van der Waals surface area contributed by atoms with Crippen molar-refractivity contribution in [1.29, 1.82) is 10.8 Å². The minimum absolute atomic E-state index is 0.0608. The third kappa shape index (κ3) is 5.00. The van der Waals surface area contributed by atoms with E-state index in [-0.39, 0.29) is 22.5 Å². The summed E-state index contributed by atoms with van der Waals surface area (Å²) < 4.78 is 57.8. The van der Waals surface area contributed by atoms with Gasteiger partial charge >= 0.3 is 5.92 Å². The van der Waals surface area contributed by atoms with Gasteiger partial charge in [0.1, 0.15) is 11.3 Å². The van der Waals surface area contributed by atoms with E-state index >= 15 is 0 Å². The number of hydrogen-bond donors (Lipinski definition) is 2. The van der Waals surface area contributed by atoms with Crippen LogP contribution < -0.4 is 5.49 Å². The van der Waals surface area contributed by atoms with E-state index in [1.807, 2.05) is 0 Å². The van der Waals surface area contributed by atoms with Gasteiger partial charge in [0.05, 0.1) is 23.4 Å². The van der Waals surface area contributed by atoms with E-state index in [9.17, 15) is 17.6 Å². The van der Waals surface area contributed by atoms with E-state index in [1.54, 1.807) is 7.05 Å². The van der Waals surface area contributed by atoms with Gasteiger partial charge in [0, 0.05) is 30.6 Å². The van der Waals surface area contributed by atoms with Gasteiger partial charge in [-0.25, -0.2) is 8.78 Å². The molecule has 2 N–H and O–H groups in total. The number of aryl methyl sites for hydroxylation is 1. The fourth-order valence-corrected chi connectivity index (χ4v) is 2.67. The molecule has 0 aromatic carbocycles. The summed E-state index contributed by atoms with van der Waals surface area (Å²) >= 11 is 0. The van der Waals surface area contributed by atoms with Gasteiger partial charge in [-0.15, -0.1) is 0 Å². The average Bonchev–Trinajstić information content (AvgIpc) is 3.04. The molecule has 0 aliphatic rings. The number of halogens is 4. The number of rotatable bonds is 5. The Balaban J connectivity index is 1.95. The Morgan fingerprint density at radius 1 is 1.19 bits per heavy atom. The summed E-state index contributed by atoms with van der Waals surface area (Å²) in [6.45, 7) is 1.20. The van der Waals surface area contributed by atoms with Gasteiger partial charge in [0.25, 0.3) is 0 Å². The largest absolute Gasteiger partial charge is 0.324 e. The van der Waals surface area contributed by atoms with E-state index in [0.717, 1.165) is 30.5 Å². The van der Waals surface area contributed by atoms with Crippen LogP contribution in [-0.4, -0.2) is 36.3 Å². The van der Waals surface area contributed by atoms with Crippen LogP contribution in [0.2, 0.25) is 0 Å². The Morgan fingerprint density at radius 2 is 1.94 bits per heavy atom. The first-order valence-corrected chi connectivity index (χ1v) is 8.86. The van der Waals surface area contributed by atoms with Crippen molar-refractivity contribution in [2.24, 2.45) is 7.05 Å². The summed E-state index contributed by atoms with van der Waals surface area (Å²) in [6.07, 6.45) is 6.24. The van der Waals surface area contributed by atoms with Crippen LogP contribution in [0, 0.1) is 16.6 Å². The highest BCUT2D eigenvalue weighted by Gasteiger charge is 2.34. The molecule has 3 heterocycles. The van der Waals surface area contributed by atoms with Crippen LogP contribution in [0.1, 0.15) is 18.2 Å². The lowest BCUT2D eigenvalue weighted by molar-refractivity contribution is 0.128. The Morgan fingerprint density at radius 3 is 2.61 bits per heavy atom. The van der Waals surface area contributed by atoms with Crippen LogP contribution in [0.3, 0.4) is 0 Å². The van der Waals surface area contributed by atoms with Gasteiger partial charge < -0.3 is 0 Å². The smallest absolute Gasteiger partial charge is 0.283 e. The molecule has 160 valence electrons. The molecule has 0 aliphatic carbocycles. The SMILES string of the molecule is C/C(F)=C\c1nn(C)cc1/C=C/C(F)(F)C(=N)n1nc(-c2cncc(F)c2)ccc1=N. The summed E-state index contributed by atoms with van der Waals surface area (Å²) in [6, 6.07) is 3.61. The lowest BCUT2D eigenvalue weighted by Gasteiger charge is -2.15. The molecule has 11 heteroatoms. The predicted molar refractivity (Wildman–Crippen MR) is 106 cm³/mol. The molecule has 0 spiro atoms. The summed E-state index contributed by atoms with van der Waals surface area (Å²) in [7, 11) is 1.56. The number of nitrogens with one attached hydrogen (secondary N) is 2. The van der Waals surface area contributed by atoms with Crippen molar-refractivity contribution in [1.82, 2.24) is 24.5 Å². The highest BCUT2D eigenvalue weighted by molar-refractivity contribution is 5.90. The molecule has 0 saturated carbocycles. The van der Waals surface area contributed by atoms with Crippen molar-refractivity contribution in [3.05, 3.63) is 71.3 Å². The molecule has 0 atom stereocenters. The maximum Gasteiger partial charge on any atom is 0.324 e. The lowest BCUT2D eigenvalue weighted by atomic mass is 10.1. The summed E-state index contributed by atoms with van der Waals surface area (Å²) in [4.78, 5) is 3.68. The maximum atomic E-state index is 14.7. The first-order valence-electron chi connectivity index (χ1n) is 8.86. The van der Waals surface area contributed by atoms with Crippen LogP contribution in [0.4, 0.5) is 17.6 Å². The maximum absolute atomic E-state index is 14.7. The van der Waals surface area contributed by atoms with E-state index in [2.05, 4.69) is 15.2 Å². The van der Waals surface area contributed by atoms with Crippen LogP contribution in [0.15, 0.2) is 48.7 Å². The molecule has 31 heavy (non-hydrogen) atoms. The fraction of sp³-hybridized carbons (Fsp3) is 0.150. The van der Waals surface area contributed by atoms with Gasteiger partial charge in [-0.3, -0.25) is 20.5 Å². The van der Waals surface area contributed by atoms with Crippen LogP contribution in [0.25, 0.3) is 23.4 Å². The number of aromatic nitrogens is 5. The second-order valence-electron chi connectivity index (χ2n) is 6.59. The molecule has 3 aromatic rings. The van der Waals surface area contributed by atoms with Crippen LogP contribution >= 0.6 is 0 Å². The van der Waals surface area contributed by atoms with E-state index in [1.165, 1.54) is 30.1 Å². The number of allylic oxidation sites excluding steroid dienone is 2. The fourth-order valence-electron chi connectivity index (χ4n) is 2.67. The Bertz CT molecular complexity index is 1250. The van der Waals surface area contributed by atoms with Gasteiger partial charge in [-0.1, -0.05) is 0 Å². The summed E-state index contributed by atoms with van der Waals surface area (Å²) in [5.74, 6) is -6.31. The zero-order valence-electron chi connectivity index (χ0n) is 16.4. The topological polar surface area (TPSA) is 96.2 Å². The Hall–Kier alpha value is -3.89. The molecule has 3 rings (SSSR count). The average molecular weight is 431 g/mol. The van der Waals surface area contributed by atoms with Crippen molar-refractivity contribution in [3.8, 4) is 11.3 Å². The molecule has 0 saturated heterocycles. The van der Waals surface area contributed by atoms with Gasteiger partial charge in [0.15, 0.2) is 5.84 Å². The van der Waals surface area contributed by atoms with Gasteiger partial charge in [-0.2, -0.15) is 23.7 Å². The quantitative estimate of drug-likeness (QED) is 0.365.